The minimum absolute atomic E-state index is 0.473. The lowest BCUT2D eigenvalue weighted by atomic mass is 10.0. The Morgan fingerprint density at radius 2 is 1.95 bits per heavy atom. The molecule has 21 heavy (non-hydrogen) atoms. The van der Waals surface area contributed by atoms with E-state index in [9.17, 15) is 0 Å². The highest BCUT2D eigenvalue weighted by Crippen LogP contribution is 2.35. The van der Waals surface area contributed by atoms with Crippen LogP contribution in [0.3, 0.4) is 0 Å². The van der Waals surface area contributed by atoms with Crippen molar-refractivity contribution in [2.75, 3.05) is 0 Å². The third-order valence-corrected chi connectivity index (χ3v) is 6.47. The number of benzene rings is 1. The van der Waals surface area contributed by atoms with Crippen molar-refractivity contribution in [3.05, 3.63) is 34.7 Å². The van der Waals surface area contributed by atoms with Gasteiger partial charge in [-0.15, -0.1) is 11.3 Å². The summed E-state index contributed by atoms with van der Waals surface area (Å²) in [6, 6.07) is 9.97. The van der Waals surface area contributed by atoms with Crippen LogP contribution >= 0.6 is 11.3 Å². The molecule has 0 spiro atoms. The van der Waals surface area contributed by atoms with E-state index in [1.165, 1.54) is 52.6 Å². The Morgan fingerprint density at radius 3 is 2.76 bits per heavy atom. The third-order valence-electron chi connectivity index (χ3n) is 5.02. The van der Waals surface area contributed by atoms with Gasteiger partial charge in [0.15, 0.2) is 0 Å². The number of fused-ring (bicyclic) bond motifs is 1. The maximum atomic E-state index is 3.91. The number of nitrogens with one attached hydrogen (secondary N) is 1. The number of hydrogen-bond acceptors (Lipinski definition) is 2. The van der Waals surface area contributed by atoms with Crippen LogP contribution in [0.25, 0.3) is 10.1 Å². The zero-order valence-electron chi connectivity index (χ0n) is 13.5. The summed E-state index contributed by atoms with van der Waals surface area (Å²) in [7, 11) is 0. The molecule has 1 N–H and O–H groups in total. The maximum Gasteiger partial charge on any atom is 0.0391 e. The van der Waals surface area contributed by atoms with Crippen molar-refractivity contribution in [3.8, 4) is 0 Å². The summed E-state index contributed by atoms with van der Waals surface area (Å²) < 4.78 is 1.42. The third kappa shape index (κ3) is 3.32. The first-order chi connectivity index (χ1) is 10.1. The van der Waals surface area contributed by atoms with E-state index < -0.39 is 0 Å². The quantitative estimate of drug-likeness (QED) is 0.703. The van der Waals surface area contributed by atoms with E-state index in [0.717, 1.165) is 5.92 Å². The van der Waals surface area contributed by atoms with Gasteiger partial charge in [-0.3, -0.25) is 0 Å². The molecule has 0 radical (unpaired) electrons. The molecule has 1 heterocycles. The minimum atomic E-state index is 0.473. The first-order valence-electron chi connectivity index (χ1n) is 8.39. The van der Waals surface area contributed by atoms with E-state index >= 15 is 0 Å². The van der Waals surface area contributed by atoms with Crippen LogP contribution in [0, 0.1) is 12.8 Å². The molecule has 2 aromatic rings. The minimum Gasteiger partial charge on any atom is -0.307 e. The van der Waals surface area contributed by atoms with E-state index in [1.807, 2.05) is 11.3 Å². The van der Waals surface area contributed by atoms with Crippen molar-refractivity contribution >= 4 is 21.4 Å². The second kappa shape index (κ2) is 6.50. The van der Waals surface area contributed by atoms with Crippen molar-refractivity contribution < 1.29 is 0 Å². The molecule has 1 fully saturated rings. The van der Waals surface area contributed by atoms with E-state index in [2.05, 4.69) is 50.4 Å². The van der Waals surface area contributed by atoms with Crippen LogP contribution in [0.5, 0.6) is 0 Å². The molecule has 0 aliphatic heterocycles. The molecule has 1 aliphatic carbocycles. The molecule has 3 unspecified atom stereocenters. The lowest BCUT2D eigenvalue weighted by Gasteiger charge is -2.22. The average molecular weight is 301 g/mol. The summed E-state index contributed by atoms with van der Waals surface area (Å²) in [5, 5.41) is 5.34. The zero-order valence-corrected chi connectivity index (χ0v) is 14.3. The summed E-state index contributed by atoms with van der Waals surface area (Å²) in [6.45, 7) is 7.02. The molecular weight excluding hydrogens is 274 g/mol. The van der Waals surface area contributed by atoms with Gasteiger partial charge in [0.05, 0.1) is 0 Å². The topological polar surface area (TPSA) is 12.0 Å². The Bertz CT molecular complexity index is 601. The average Bonchev–Trinajstić information content (AvgIpc) is 2.68. The van der Waals surface area contributed by atoms with Crippen molar-refractivity contribution in [1.29, 1.82) is 0 Å². The van der Waals surface area contributed by atoms with Crippen molar-refractivity contribution in [2.45, 2.75) is 65.0 Å². The predicted octanol–water partition coefficient (Wildman–Crippen LogP) is 5.83. The zero-order chi connectivity index (χ0) is 14.8. The molecule has 2 heteroatoms. The maximum absolute atomic E-state index is 3.91. The number of rotatable bonds is 3. The fourth-order valence-corrected chi connectivity index (χ4v) is 4.91. The van der Waals surface area contributed by atoms with Gasteiger partial charge < -0.3 is 5.32 Å². The van der Waals surface area contributed by atoms with Crippen LogP contribution in [0.4, 0.5) is 0 Å². The summed E-state index contributed by atoms with van der Waals surface area (Å²) in [4.78, 5) is 1.52. The lowest BCUT2D eigenvalue weighted by molar-refractivity contribution is 0.410. The fraction of sp³-hybridized carbons (Fsp3) is 0.579. The van der Waals surface area contributed by atoms with E-state index in [1.54, 1.807) is 0 Å². The van der Waals surface area contributed by atoms with Crippen molar-refractivity contribution in [3.63, 3.8) is 0 Å². The largest absolute Gasteiger partial charge is 0.307 e. The number of hydrogen-bond donors (Lipinski definition) is 1. The summed E-state index contributed by atoms with van der Waals surface area (Å²) in [6.07, 6.45) is 6.87. The van der Waals surface area contributed by atoms with Gasteiger partial charge in [-0.2, -0.15) is 0 Å². The molecule has 1 aromatic heterocycles. The Balaban J connectivity index is 1.74. The fourth-order valence-electron chi connectivity index (χ4n) is 3.69. The molecule has 1 aromatic carbocycles. The first-order valence-corrected chi connectivity index (χ1v) is 9.21. The van der Waals surface area contributed by atoms with Gasteiger partial charge >= 0.3 is 0 Å². The van der Waals surface area contributed by atoms with Crippen LogP contribution in [-0.2, 0) is 0 Å². The predicted molar refractivity (Wildman–Crippen MR) is 94.1 cm³/mol. The van der Waals surface area contributed by atoms with Crippen LogP contribution in [0.1, 0.15) is 62.4 Å². The van der Waals surface area contributed by atoms with Gasteiger partial charge in [0.1, 0.15) is 0 Å². The Labute approximate surface area is 132 Å². The monoisotopic (exact) mass is 301 g/mol. The van der Waals surface area contributed by atoms with Crippen molar-refractivity contribution in [2.24, 2.45) is 5.92 Å². The standard InChI is InChI=1S/C19H27NS/c1-13-7-6-8-16(12-11-13)20-15(3)19-14(2)17-9-4-5-10-18(17)21-19/h4-5,9-10,13,15-16,20H,6-8,11-12H2,1-3H3. The highest BCUT2D eigenvalue weighted by molar-refractivity contribution is 7.19. The van der Waals surface area contributed by atoms with Crippen LogP contribution in [0.15, 0.2) is 24.3 Å². The van der Waals surface area contributed by atoms with Gasteiger partial charge in [0.2, 0.25) is 0 Å². The number of aryl methyl sites for hydroxylation is 1. The molecule has 1 aliphatic rings. The van der Waals surface area contributed by atoms with E-state index in [-0.39, 0.29) is 0 Å². The van der Waals surface area contributed by atoms with Gasteiger partial charge in [-0.05, 0) is 56.0 Å². The molecule has 3 rings (SSSR count). The second-order valence-corrected chi connectivity index (χ2v) is 7.87. The molecule has 1 nitrogen and oxygen atoms in total. The van der Waals surface area contributed by atoms with E-state index in [0.29, 0.717) is 12.1 Å². The lowest BCUT2D eigenvalue weighted by Crippen LogP contribution is -2.31. The normalized spacial score (nSPS) is 24.9. The molecule has 1 saturated carbocycles. The highest BCUT2D eigenvalue weighted by atomic mass is 32.1. The summed E-state index contributed by atoms with van der Waals surface area (Å²) >= 11 is 1.96. The summed E-state index contributed by atoms with van der Waals surface area (Å²) in [5.74, 6) is 0.915. The molecule has 114 valence electrons. The summed E-state index contributed by atoms with van der Waals surface area (Å²) in [5.41, 5.74) is 1.47. The Morgan fingerprint density at radius 1 is 1.14 bits per heavy atom. The van der Waals surface area contributed by atoms with Crippen LogP contribution in [0.2, 0.25) is 0 Å². The van der Waals surface area contributed by atoms with Gasteiger partial charge in [0, 0.05) is 21.7 Å². The molecule has 0 saturated heterocycles. The van der Waals surface area contributed by atoms with Crippen molar-refractivity contribution in [1.82, 2.24) is 5.32 Å². The first kappa shape index (κ1) is 15.1. The van der Waals surface area contributed by atoms with Crippen LogP contribution < -0.4 is 5.32 Å². The van der Waals surface area contributed by atoms with Gasteiger partial charge in [0.25, 0.3) is 0 Å². The van der Waals surface area contributed by atoms with Gasteiger partial charge in [-0.1, -0.05) is 38.0 Å². The Hall–Kier alpha value is -0.860. The molecule has 3 atom stereocenters. The Kier molecular flexibility index (Phi) is 4.66. The van der Waals surface area contributed by atoms with Gasteiger partial charge in [-0.25, -0.2) is 0 Å². The molecular formula is C19H27NS. The highest BCUT2D eigenvalue weighted by Gasteiger charge is 2.20. The second-order valence-electron chi connectivity index (χ2n) is 6.79. The molecule has 0 bridgehead atoms. The number of thiophene rings is 1. The van der Waals surface area contributed by atoms with Crippen LogP contribution in [-0.4, -0.2) is 6.04 Å². The smallest absolute Gasteiger partial charge is 0.0391 e. The van der Waals surface area contributed by atoms with E-state index in [4.69, 9.17) is 0 Å². The molecule has 0 amide bonds. The SMILES string of the molecule is Cc1c(C(C)NC2CCCC(C)CC2)sc2ccccc12.